The van der Waals surface area contributed by atoms with Crippen molar-refractivity contribution in [2.45, 2.75) is 31.3 Å². The van der Waals surface area contributed by atoms with Crippen molar-refractivity contribution in [3.63, 3.8) is 0 Å². The quantitative estimate of drug-likeness (QED) is 0.735. The monoisotopic (exact) mass is 256 g/mol. The van der Waals surface area contributed by atoms with Gasteiger partial charge in [0.25, 0.3) is 0 Å². The van der Waals surface area contributed by atoms with Gasteiger partial charge in [-0.05, 0) is 23.8 Å². The lowest BCUT2D eigenvalue weighted by atomic mass is 10.1. The molecule has 1 radical (unpaired) electrons. The molecule has 2 aromatic carbocycles. The highest BCUT2D eigenvalue weighted by Crippen LogP contribution is 2.25. The zero-order chi connectivity index (χ0) is 13.0. The second-order valence-corrected chi connectivity index (χ2v) is 8.30. The van der Waals surface area contributed by atoms with Crippen LogP contribution in [0.3, 0.4) is 0 Å². The summed E-state index contributed by atoms with van der Waals surface area (Å²) in [7, 11) is 0. The summed E-state index contributed by atoms with van der Waals surface area (Å²) in [6.45, 7) is 7.43. The summed E-state index contributed by atoms with van der Waals surface area (Å²) in [6.07, 6.45) is 0. The van der Waals surface area contributed by atoms with Crippen LogP contribution in [0, 0.1) is 0 Å². The van der Waals surface area contributed by atoms with E-state index in [0.717, 1.165) is 12.4 Å². The van der Waals surface area contributed by atoms with Crippen LogP contribution in [-0.4, -0.2) is 20.8 Å². The summed E-state index contributed by atoms with van der Waals surface area (Å²) >= 11 is -0.834. The molecule has 0 spiro atoms. The Balaban J connectivity index is 2.64. The van der Waals surface area contributed by atoms with Crippen LogP contribution < -0.4 is 9.16 Å². The first kappa shape index (κ1) is 13.5. The van der Waals surface area contributed by atoms with Crippen molar-refractivity contribution >= 4 is 29.3 Å². The minimum absolute atomic E-state index is 0.734. The zero-order valence-electron chi connectivity index (χ0n) is 11.6. The number of fused-ring (bicyclic) bond motifs is 1. The Hall–Kier alpha value is -0.968. The van der Waals surface area contributed by atoms with E-state index in [2.05, 4.69) is 57.2 Å². The largest absolute Gasteiger partial charge is 0.493 e. The molecule has 0 fully saturated rings. The molecule has 0 N–H and O–H groups in total. The molecule has 0 aliphatic carbocycles. The van der Waals surface area contributed by atoms with Gasteiger partial charge in [-0.1, -0.05) is 24.3 Å². The van der Waals surface area contributed by atoms with Gasteiger partial charge in [0.15, 0.2) is 0 Å². The molecule has 2 heteroatoms. The average Bonchev–Trinajstić information content (AvgIpc) is 2.41. The van der Waals surface area contributed by atoms with Crippen molar-refractivity contribution in [1.29, 1.82) is 0 Å². The number of hydrogen-bond acceptors (Lipinski definition) is 1. The number of rotatable bonds is 5. The molecule has 2 rings (SSSR count). The van der Waals surface area contributed by atoms with Crippen LogP contribution >= 0.6 is 0 Å². The summed E-state index contributed by atoms with van der Waals surface area (Å²) < 4.78 is 7.39. The second-order valence-electron chi connectivity index (χ2n) is 4.65. The van der Waals surface area contributed by atoms with Gasteiger partial charge in [0.2, 0.25) is 0 Å². The summed E-state index contributed by atoms with van der Waals surface area (Å²) in [5.41, 5.74) is 0. The lowest BCUT2D eigenvalue weighted by molar-refractivity contribution is 0.344. The summed E-state index contributed by atoms with van der Waals surface area (Å²) in [5, 5.41) is 5.31. The Kier molecular flexibility index (Phi) is 4.69. The minimum Gasteiger partial charge on any atom is -0.493 e. The molecule has 0 saturated heterocycles. The van der Waals surface area contributed by atoms with Crippen LogP contribution in [0.4, 0.5) is 0 Å². The van der Waals surface area contributed by atoms with E-state index in [9.17, 15) is 0 Å². The molecular formula is C16H21AlO-. The molecule has 0 aliphatic rings. The van der Waals surface area contributed by atoms with Gasteiger partial charge in [-0.25, -0.2) is 10.6 Å². The van der Waals surface area contributed by atoms with Gasteiger partial charge in [-0.2, -0.15) is 0 Å². The lowest BCUT2D eigenvalue weighted by Crippen LogP contribution is -2.29. The fourth-order valence-electron chi connectivity index (χ4n) is 2.68. The van der Waals surface area contributed by atoms with Gasteiger partial charge < -0.3 is 4.74 Å². The fraction of sp³-hybridized carbons (Fsp3) is 0.375. The highest BCUT2D eigenvalue weighted by atomic mass is 27.2. The molecule has 0 bridgehead atoms. The highest BCUT2D eigenvalue weighted by Gasteiger charge is 2.07. The number of hydrogen-bond donors (Lipinski definition) is 0. The molecular weight excluding hydrogens is 235 g/mol. The van der Waals surface area contributed by atoms with E-state index in [0.29, 0.717) is 0 Å². The van der Waals surface area contributed by atoms with Crippen LogP contribution in [0.2, 0.25) is 10.6 Å². The van der Waals surface area contributed by atoms with E-state index in [1.165, 1.54) is 21.3 Å². The predicted octanol–water partition coefficient (Wildman–Crippen LogP) is 3.98. The van der Waals surface area contributed by atoms with E-state index in [1.54, 1.807) is 4.43 Å². The predicted molar refractivity (Wildman–Crippen MR) is 81.5 cm³/mol. The molecule has 0 saturated carbocycles. The van der Waals surface area contributed by atoms with E-state index in [1.807, 2.05) is 0 Å². The second kappa shape index (κ2) is 6.27. The third kappa shape index (κ3) is 2.56. The van der Waals surface area contributed by atoms with Crippen molar-refractivity contribution in [2.75, 3.05) is 6.61 Å². The maximum atomic E-state index is 5.82. The van der Waals surface area contributed by atoms with Crippen molar-refractivity contribution in [3.8, 4) is 5.75 Å². The third-order valence-corrected chi connectivity index (χ3v) is 6.96. The number of ether oxygens (including phenoxy) is 1. The molecule has 0 amide bonds. The van der Waals surface area contributed by atoms with Gasteiger partial charge in [-0.3, -0.25) is 4.43 Å². The fourth-order valence-corrected chi connectivity index (χ4v) is 5.24. The van der Waals surface area contributed by atoms with Gasteiger partial charge in [0.05, 0.1) is 6.61 Å². The van der Waals surface area contributed by atoms with Crippen LogP contribution in [-0.2, 0) is 0 Å². The topological polar surface area (TPSA) is 9.23 Å². The first-order chi connectivity index (χ1) is 8.81. The standard InChI is InChI=1S/C12H11O.2C2H5.Al/c1-2-13-12-9-5-7-10-6-3-4-8-11(10)12;2*1-2;/h3-7,9H,2H2,1H3;2*1H2,2H3;/q;;;-1. The molecule has 2 aromatic rings. The highest BCUT2D eigenvalue weighted by molar-refractivity contribution is 6.75. The molecule has 0 heterocycles. The van der Waals surface area contributed by atoms with Crippen molar-refractivity contribution in [1.82, 2.24) is 0 Å². The Morgan fingerprint density at radius 3 is 2.22 bits per heavy atom. The van der Waals surface area contributed by atoms with Gasteiger partial charge >= 0.3 is 0 Å². The molecule has 1 nitrogen and oxygen atoms in total. The summed E-state index contributed by atoms with van der Waals surface area (Å²) in [5.74, 6) is 1.06. The maximum Gasteiger partial charge on any atom is 0.123 e. The van der Waals surface area contributed by atoms with Crippen LogP contribution in [0.1, 0.15) is 20.8 Å². The smallest absolute Gasteiger partial charge is 0.123 e. The van der Waals surface area contributed by atoms with E-state index in [-0.39, 0.29) is 0 Å². The first-order valence-electron chi connectivity index (χ1n) is 6.96. The van der Waals surface area contributed by atoms with Crippen molar-refractivity contribution in [2.24, 2.45) is 0 Å². The van der Waals surface area contributed by atoms with Gasteiger partial charge in [0.1, 0.15) is 5.75 Å². The molecule has 95 valence electrons. The van der Waals surface area contributed by atoms with Gasteiger partial charge in [0, 0.05) is 14.1 Å². The van der Waals surface area contributed by atoms with E-state index in [4.69, 9.17) is 4.74 Å². The Bertz CT molecular complexity index is 512. The zero-order valence-corrected chi connectivity index (χ0v) is 12.7. The van der Waals surface area contributed by atoms with Crippen molar-refractivity contribution < 1.29 is 4.74 Å². The minimum atomic E-state index is -0.834. The Morgan fingerprint density at radius 2 is 1.61 bits per heavy atom. The third-order valence-electron chi connectivity index (χ3n) is 3.62. The Morgan fingerprint density at radius 1 is 0.944 bits per heavy atom. The van der Waals surface area contributed by atoms with E-state index >= 15 is 0 Å². The van der Waals surface area contributed by atoms with Crippen LogP contribution in [0.15, 0.2) is 36.4 Å². The lowest BCUT2D eigenvalue weighted by Gasteiger charge is -2.25. The molecule has 0 atom stereocenters. The van der Waals surface area contributed by atoms with Crippen molar-refractivity contribution in [3.05, 3.63) is 36.4 Å². The molecule has 0 unspecified atom stereocenters. The van der Waals surface area contributed by atoms with Crippen LogP contribution in [0.25, 0.3) is 10.8 Å². The normalized spacial score (nSPS) is 11.1. The van der Waals surface area contributed by atoms with Crippen LogP contribution in [0.5, 0.6) is 5.75 Å². The molecule has 0 aliphatic heterocycles. The van der Waals surface area contributed by atoms with Gasteiger partial charge in [-0.15, -0.1) is 19.9 Å². The van der Waals surface area contributed by atoms with E-state index < -0.39 is 14.1 Å². The maximum absolute atomic E-state index is 5.82. The number of benzene rings is 2. The Labute approximate surface area is 114 Å². The average molecular weight is 256 g/mol. The summed E-state index contributed by atoms with van der Waals surface area (Å²) in [4.78, 5) is 0. The summed E-state index contributed by atoms with van der Waals surface area (Å²) in [6, 6.07) is 13.1. The molecule has 0 aromatic heterocycles. The molecule has 18 heavy (non-hydrogen) atoms. The first-order valence-corrected chi connectivity index (χ1v) is 9.17. The SMILES string of the molecule is CCOc1cccc2ccc[c]([Al-]([CH2]C)[CH2]C)c12.